The van der Waals surface area contributed by atoms with Crippen LogP contribution in [0.5, 0.6) is 0 Å². The average molecular weight is 244 g/mol. The second-order valence-corrected chi connectivity index (χ2v) is 4.39. The molecule has 94 valence electrons. The fraction of sp³-hybridized carbons (Fsp3) is 0.417. The molecule has 2 aromatic rings. The van der Waals surface area contributed by atoms with Crippen LogP contribution in [-0.4, -0.2) is 46.2 Å². The van der Waals surface area contributed by atoms with Gasteiger partial charge < -0.3 is 10.2 Å². The topological polar surface area (TPSA) is 58.9 Å². The molecule has 0 aromatic carbocycles. The Morgan fingerprint density at radius 1 is 1.06 bits per heavy atom. The number of aromatic nitrogens is 4. The molecule has 0 atom stereocenters. The highest BCUT2D eigenvalue weighted by Gasteiger charge is 2.12. The molecule has 1 aliphatic heterocycles. The van der Waals surface area contributed by atoms with E-state index in [0.717, 1.165) is 43.5 Å². The minimum absolute atomic E-state index is 0.752. The Morgan fingerprint density at radius 3 is 2.39 bits per heavy atom. The van der Waals surface area contributed by atoms with Crippen LogP contribution in [0, 0.1) is 6.92 Å². The summed E-state index contributed by atoms with van der Waals surface area (Å²) in [5.41, 5.74) is 0.975. The lowest BCUT2D eigenvalue weighted by molar-refractivity contribution is 0.582. The van der Waals surface area contributed by atoms with Crippen molar-refractivity contribution >= 4 is 5.82 Å². The highest BCUT2D eigenvalue weighted by Crippen LogP contribution is 2.11. The maximum Gasteiger partial charge on any atom is 0.175 e. The lowest BCUT2D eigenvalue weighted by Crippen LogP contribution is -2.44. The molecule has 6 heteroatoms. The largest absolute Gasteiger partial charge is 0.353 e. The van der Waals surface area contributed by atoms with Crippen molar-refractivity contribution in [3.8, 4) is 5.82 Å². The Morgan fingerprint density at radius 2 is 1.78 bits per heavy atom. The van der Waals surface area contributed by atoms with Gasteiger partial charge in [0.25, 0.3) is 0 Å². The third kappa shape index (κ3) is 2.19. The molecule has 0 bridgehead atoms. The van der Waals surface area contributed by atoms with E-state index < -0.39 is 0 Å². The quantitative estimate of drug-likeness (QED) is 0.827. The molecular weight excluding hydrogens is 228 g/mol. The van der Waals surface area contributed by atoms with Crippen LogP contribution in [0.25, 0.3) is 5.82 Å². The van der Waals surface area contributed by atoms with E-state index in [-0.39, 0.29) is 0 Å². The van der Waals surface area contributed by atoms with E-state index in [1.807, 2.05) is 31.3 Å². The molecule has 0 unspecified atom stereocenters. The van der Waals surface area contributed by atoms with Crippen molar-refractivity contribution in [3.63, 3.8) is 0 Å². The molecule has 0 saturated carbocycles. The van der Waals surface area contributed by atoms with Gasteiger partial charge in [-0.1, -0.05) is 0 Å². The first kappa shape index (κ1) is 11.2. The second kappa shape index (κ2) is 4.73. The monoisotopic (exact) mass is 244 g/mol. The van der Waals surface area contributed by atoms with Gasteiger partial charge in [-0.25, -0.2) is 4.68 Å². The lowest BCUT2D eigenvalue weighted by Gasteiger charge is -2.27. The predicted octanol–water partition coefficient (Wildman–Crippen LogP) is 0.380. The van der Waals surface area contributed by atoms with E-state index in [1.54, 1.807) is 4.68 Å². The lowest BCUT2D eigenvalue weighted by atomic mass is 10.3. The zero-order valence-electron chi connectivity index (χ0n) is 10.4. The van der Waals surface area contributed by atoms with Gasteiger partial charge in [0.15, 0.2) is 11.6 Å². The van der Waals surface area contributed by atoms with Crippen LogP contribution in [0.4, 0.5) is 5.82 Å². The first-order valence-electron chi connectivity index (χ1n) is 6.15. The molecule has 0 amide bonds. The summed E-state index contributed by atoms with van der Waals surface area (Å²) < 4.78 is 1.74. The van der Waals surface area contributed by atoms with Crippen LogP contribution in [0.15, 0.2) is 24.4 Å². The van der Waals surface area contributed by atoms with Crippen molar-refractivity contribution < 1.29 is 0 Å². The first-order valence-corrected chi connectivity index (χ1v) is 6.15. The molecule has 18 heavy (non-hydrogen) atoms. The van der Waals surface area contributed by atoms with E-state index in [0.29, 0.717) is 0 Å². The van der Waals surface area contributed by atoms with Crippen LogP contribution in [0.2, 0.25) is 0 Å². The van der Waals surface area contributed by atoms with Crippen molar-refractivity contribution in [2.75, 3.05) is 31.1 Å². The van der Waals surface area contributed by atoms with Gasteiger partial charge in [-0.05, 0) is 25.1 Å². The van der Waals surface area contributed by atoms with Crippen molar-refractivity contribution in [2.45, 2.75) is 6.92 Å². The fourth-order valence-electron chi connectivity index (χ4n) is 2.05. The number of nitrogens with zero attached hydrogens (tertiary/aromatic N) is 5. The van der Waals surface area contributed by atoms with Gasteiger partial charge in [0.05, 0.1) is 5.69 Å². The Bertz CT molecular complexity index is 512. The van der Waals surface area contributed by atoms with E-state index in [9.17, 15) is 0 Å². The standard InChI is InChI=1S/C12H16N6/c1-10-4-7-18(16-10)12-3-2-11(14-15-12)17-8-5-13-6-9-17/h2-4,7,13H,5-6,8-9H2,1H3. The molecule has 3 rings (SSSR count). The highest BCUT2D eigenvalue weighted by atomic mass is 15.4. The number of rotatable bonds is 2. The van der Waals surface area contributed by atoms with Crippen molar-refractivity contribution in [1.82, 2.24) is 25.3 Å². The SMILES string of the molecule is Cc1ccn(-c2ccc(N3CCNCC3)nn2)n1. The van der Waals surface area contributed by atoms with Gasteiger partial charge in [0, 0.05) is 32.4 Å². The maximum atomic E-state index is 4.31. The summed E-state index contributed by atoms with van der Waals surface area (Å²) in [6, 6.07) is 5.91. The molecule has 1 aliphatic rings. The summed E-state index contributed by atoms with van der Waals surface area (Å²) >= 11 is 0. The molecule has 0 radical (unpaired) electrons. The highest BCUT2D eigenvalue weighted by molar-refractivity contribution is 5.40. The predicted molar refractivity (Wildman–Crippen MR) is 69.0 cm³/mol. The number of hydrogen-bond donors (Lipinski definition) is 1. The van der Waals surface area contributed by atoms with Crippen LogP contribution in [0.3, 0.4) is 0 Å². The number of hydrogen-bond acceptors (Lipinski definition) is 5. The van der Waals surface area contributed by atoms with Crippen LogP contribution in [0.1, 0.15) is 5.69 Å². The molecule has 3 heterocycles. The zero-order chi connectivity index (χ0) is 12.4. The third-order valence-corrected chi connectivity index (χ3v) is 3.03. The van der Waals surface area contributed by atoms with E-state index in [4.69, 9.17) is 0 Å². The molecule has 1 saturated heterocycles. The molecule has 2 aromatic heterocycles. The Labute approximate surface area is 106 Å². The van der Waals surface area contributed by atoms with Gasteiger partial charge in [-0.3, -0.25) is 0 Å². The number of anilines is 1. The summed E-state index contributed by atoms with van der Waals surface area (Å²) in [6.07, 6.45) is 1.89. The molecule has 0 spiro atoms. The van der Waals surface area contributed by atoms with Crippen LogP contribution in [-0.2, 0) is 0 Å². The van der Waals surface area contributed by atoms with Gasteiger partial charge in [-0.2, -0.15) is 5.10 Å². The number of aryl methyl sites for hydroxylation is 1. The molecule has 1 N–H and O–H groups in total. The average Bonchev–Trinajstić information content (AvgIpc) is 2.87. The van der Waals surface area contributed by atoms with Crippen molar-refractivity contribution in [1.29, 1.82) is 0 Å². The normalized spacial score (nSPS) is 15.9. The Hall–Kier alpha value is -1.95. The summed E-state index contributed by atoms with van der Waals surface area (Å²) in [5, 5.41) is 16.1. The minimum Gasteiger partial charge on any atom is -0.353 e. The number of nitrogens with one attached hydrogen (secondary N) is 1. The number of piperazine rings is 1. The molecule has 0 aliphatic carbocycles. The van der Waals surface area contributed by atoms with Gasteiger partial charge >= 0.3 is 0 Å². The van der Waals surface area contributed by atoms with Gasteiger partial charge in [0.1, 0.15) is 0 Å². The molecule has 6 nitrogen and oxygen atoms in total. The van der Waals surface area contributed by atoms with Crippen LogP contribution < -0.4 is 10.2 Å². The zero-order valence-corrected chi connectivity index (χ0v) is 10.4. The van der Waals surface area contributed by atoms with Crippen molar-refractivity contribution in [2.24, 2.45) is 0 Å². The summed E-state index contributed by atoms with van der Waals surface area (Å²) in [5.74, 6) is 1.69. The molecular formula is C12H16N6. The van der Waals surface area contributed by atoms with E-state index in [2.05, 4.69) is 25.5 Å². The fourth-order valence-corrected chi connectivity index (χ4v) is 2.05. The first-order chi connectivity index (χ1) is 8.83. The van der Waals surface area contributed by atoms with Crippen molar-refractivity contribution in [3.05, 3.63) is 30.1 Å². The Balaban J connectivity index is 1.80. The Kier molecular flexibility index (Phi) is 2.93. The summed E-state index contributed by atoms with van der Waals surface area (Å²) in [4.78, 5) is 2.24. The van der Waals surface area contributed by atoms with E-state index in [1.165, 1.54) is 0 Å². The van der Waals surface area contributed by atoms with Crippen LogP contribution >= 0.6 is 0 Å². The third-order valence-electron chi connectivity index (χ3n) is 3.03. The van der Waals surface area contributed by atoms with Gasteiger partial charge in [0.2, 0.25) is 0 Å². The second-order valence-electron chi connectivity index (χ2n) is 4.39. The summed E-state index contributed by atoms with van der Waals surface area (Å²) in [7, 11) is 0. The maximum absolute atomic E-state index is 4.31. The smallest absolute Gasteiger partial charge is 0.175 e. The molecule has 1 fully saturated rings. The minimum atomic E-state index is 0.752. The van der Waals surface area contributed by atoms with Gasteiger partial charge in [-0.15, -0.1) is 10.2 Å². The van der Waals surface area contributed by atoms with E-state index >= 15 is 0 Å². The summed E-state index contributed by atoms with van der Waals surface area (Å²) in [6.45, 7) is 5.92.